The molecular weight excluding hydrogens is 206 g/mol. The summed E-state index contributed by atoms with van der Waals surface area (Å²) in [5, 5.41) is 0. The van der Waals surface area contributed by atoms with Crippen LogP contribution in [0.25, 0.3) is 0 Å². The van der Waals surface area contributed by atoms with E-state index >= 15 is 0 Å². The third-order valence-corrected chi connectivity index (χ3v) is 2.57. The molecule has 2 N–H and O–H groups in total. The maximum atomic E-state index is 11.5. The van der Waals surface area contributed by atoms with Gasteiger partial charge >= 0.3 is 0 Å². The highest BCUT2D eigenvalue weighted by molar-refractivity contribution is 5.97. The van der Waals surface area contributed by atoms with Crippen LogP contribution >= 0.6 is 0 Å². The number of rotatable bonds is 2. The van der Waals surface area contributed by atoms with Crippen LogP contribution in [0.4, 0.5) is 5.82 Å². The Hall–Kier alpha value is -1.91. The van der Waals surface area contributed by atoms with Crippen LogP contribution in [0.1, 0.15) is 24.8 Å². The molecule has 1 aromatic heterocycles. The molecule has 1 saturated heterocycles. The predicted molar refractivity (Wildman–Crippen MR) is 58.1 cm³/mol. The fourth-order valence-corrected chi connectivity index (χ4v) is 1.69. The molecule has 0 spiro atoms. The molecule has 1 fully saturated rings. The van der Waals surface area contributed by atoms with Crippen LogP contribution in [0, 0.1) is 0 Å². The van der Waals surface area contributed by atoms with Gasteiger partial charge in [-0.1, -0.05) is 6.07 Å². The highest BCUT2D eigenvalue weighted by atomic mass is 16.2. The molecule has 0 saturated carbocycles. The van der Waals surface area contributed by atoms with E-state index in [9.17, 15) is 9.59 Å². The summed E-state index contributed by atoms with van der Waals surface area (Å²) < 4.78 is 0. The summed E-state index contributed by atoms with van der Waals surface area (Å²) in [6.45, 7) is 0.297. The van der Waals surface area contributed by atoms with Crippen LogP contribution in [0.5, 0.6) is 0 Å². The van der Waals surface area contributed by atoms with Gasteiger partial charge in [-0.05, 0) is 18.1 Å². The van der Waals surface area contributed by atoms with Gasteiger partial charge in [0.15, 0.2) is 0 Å². The Morgan fingerprint density at radius 1 is 1.25 bits per heavy atom. The van der Waals surface area contributed by atoms with E-state index in [1.54, 1.807) is 18.3 Å². The van der Waals surface area contributed by atoms with E-state index in [1.165, 1.54) is 4.90 Å². The zero-order valence-corrected chi connectivity index (χ0v) is 8.85. The van der Waals surface area contributed by atoms with Gasteiger partial charge in [0.2, 0.25) is 11.8 Å². The summed E-state index contributed by atoms with van der Waals surface area (Å²) >= 11 is 0. The number of nitrogen functional groups attached to an aromatic ring is 1. The molecule has 2 heterocycles. The van der Waals surface area contributed by atoms with Crippen LogP contribution in [-0.4, -0.2) is 21.7 Å². The van der Waals surface area contributed by atoms with Crippen molar-refractivity contribution in [3.63, 3.8) is 0 Å². The summed E-state index contributed by atoms with van der Waals surface area (Å²) in [7, 11) is 0. The Labute approximate surface area is 93.3 Å². The van der Waals surface area contributed by atoms with Gasteiger partial charge in [0, 0.05) is 19.0 Å². The number of likely N-dealkylation sites (tertiary alicyclic amines) is 1. The summed E-state index contributed by atoms with van der Waals surface area (Å²) in [6, 6.07) is 3.44. The van der Waals surface area contributed by atoms with Crippen molar-refractivity contribution in [3.8, 4) is 0 Å². The first-order valence-electron chi connectivity index (χ1n) is 5.20. The molecule has 1 aliphatic rings. The third-order valence-electron chi connectivity index (χ3n) is 2.57. The number of anilines is 1. The summed E-state index contributed by atoms with van der Waals surface area (Å²) in [5.41, 5.74) is 6.27. The first-order valence-corrected chi connectivity index (χ1v) is 5.20. The number of carbonyl (C=O) groups is 2. The van der Waals surface area contributed by atoms with Gasteiger partial charge in [-0.15, -0.1) is 0 Å². The quantitative estimate of drug-likeness (QED) is 0.743. The predicted octanol–water partition coefficient (Wildman–Crippen LogP) is 0.703. The lowest BCUT2D eigenvalue weighted by Crippen LogP contribution is -2.39. The number of pyridine rings is 1. The molecule has 0 bridgehead atoms. The van der Waals surface area contributed by atoms with Crippen molar-refractivity contribution in [2.45, 2.75) is 25.8 Å². The highest BCUT2D eigenvalue weighted by Gasteiger charge is 2.25. The van der Waals surface area contributed by atoms with Crippen LogP contribution in [0.2, 0.25) is 0 Å². The Kier molecular flexibility index (Phi) is 2.85. The Morgan fingerprint density at radius 3 is 2.50 bits per heavy atom. The van der Waals surface area contributed by atoms with Crippen molar-refractivity contribution in [3.05, 3.63) is 23.9 Å². The van der Waals surface area contributed by atoms with Gasteiger partial charge in [0.25, 0.3) is 0 Å². The van der Waals surface area contributed by atoms with Crippen LogP contribution in [0.3, 0.4) is 0 Å². The summed E-state index contributed by atoms with van der Waals surface area (Å²) in [4.78, 5) is 28.3. The molecule has 5 heteroatoms. The number of amides is 2. The highest BCUT2D eigenvalue weighted by Crippen LogP contribution is 2.15. The minimum Gasteiger partial charge on any atom is -0.384 e. The molecule has 0 aromatic carbocycles. The Balaban J connectivity index is 2.10. The minimum absolute atomic E-state index is 0.104. The maximum absolute atomic E-state index is 11.5. The van der Waals surface area contributed by atoms with Crippen molar-refractivity contribution >= 4 is 17.6 Å². The first-order chi connectivity index (χ1) is 7.66. The molecule has 0 radical (unpaired) electrons. The number of nitrogens with two attached hydrogens (primary N) is 1. The standard InChI is InChI=1S/C11H13N3O2/c12-9-5-4-8(6-13-9)7-14-10(15)2-1-3-11(14)16/h4-6H,1-3,7H2,(H2,12,13). The van der Waals surface area contributed by atoms with Crippen molar-refractivity contribution < 1.29 is 9.59 Å². The largest absolute Gasteiger partial charge is 0.384 e. The fraction of sp³-hybridized carbons (Fsp3) is 0.364. The molecule has 0 aliphatic carbocycles. The third kappa shape index (κ3) is 2.18. The van der Waals surface area contributed by atoms with E-state index in [-0.39, 0.29) is 11.8 Å². The number of nitrogens with zero attached hydrogens (tertiary/aromatic N) is 2. The average molecular weight is 219 g/mol. The zero-order valence-electron chi connectivity index (χ0n) is 8.85. The van der Waals surface area contributed by atoms with Crippen molar-refractivity contribution in [2.75, 3.05) is 5.73 Å². The van der Waals surface area contributed by atoms with E-state index < -0.39 is 0 Å². The summed E-state index contributed by atoms with van der Waals surface area (Å²) in [5.74, 6) is 0.223. The maximum Gasteiger partial charge on any atom is 0.229 e. The lowest BCUT2D eigenvalue weighted by molar-refractivity contribution is -0.148. The van der Waals surface area contributed by atoms with E-state index in [0.29, 0.717) is 31.6 Å². The zero-order chi connectivity index (χ0) is 11.5. The van der Waals surface area contributed by atoms with Crippen molar-refractivity contribution in [2.24, 2.45) is 0 Å². The molecule has 2 amide bonds. The van der Waals surface area contributed by atoms with E-state index in [1.807, 2.05) is 0 Å². The number of piperidine rings is 1. The van der Waals surface area contributed by atoms with Gasteiger partial charge in [-0.3, -0.25) is 14.5 Å². The monoisotopic (exact) mass is 219 g/mol. The molecule has 84 valence electrons. The fourth-order valence-electron chi connectivity index (χ4n) is 1.69. The van der Waals surface area contributed by atoms with Crippen LogP contribution in [-0.2, 0) is 16.1 Å². The second-order valence-electron chi connectivity index (χ2n) is 3.82. The van der Waals surface area contributed by atoms with Crippen molar-refractivity contribution in [1.29, 1.82) is 0 Å². The minimum atomic E-state index is -0.104. The van der Waals surface area contributed by atoms with E-state index in [2.05, 4.69) is 4.98 Å². The first kappa shape index (κ1) is 10.6. The number of hydrogen-bond acceptors (Lipinski definition) is 4. The van der Waals surface area contributed by atoms with Gasteiger partial charge in [-0.25, -0.2) is 4.98 Å². The average Bonchev–Trinajstić information content (AvgIpc) is 2.26. The number of hydrogen-bond donors (Lipinski definition) is 1. The number of imide groups is 1. The van der Waals surface area contributed by atoms with E-state index in [0.717, 1.165) is 5.56 Å². The van der Waals surface area contributed by atoms with Gasteiger partial charge in [-0.2, -0.15) is 0 Å². The molecule has 2 rings (SSSR count). The normalized spacial score (nSPS) is 16.6. The number of carbonyl (C=O) groups excluding carboxylic acids is 2. The van der Waals surface area contributed by atoms with Gasteiger partial charge in [0.05, 0.1) is 6.54 Å². The number of aromatic nitrogens is 1. The van der Waals surface area contributed by atoms with Gasteiger partial charge < -0.3 is 5.73 Å². The topological polar surface area (TPSA) is 76.3 Å². The lowest BCUT2D eigenvalue weighted by atomic mass is 10.1. The second kappa shape index (κ2) is 4.30. The molecule has 0 atom stereocenters. The molecule has 5 nitrogen and oxygen atoms in total. The molecule has 16 heavy (non-hydrogen) atoms. The van der Waals surface area contributed by atoms with Crippen LogP contribution < -0.4 is 5.73 Å². The SMILES string of the molecule is Nc1ccc(CN2C(=O)CCCC2=O)cn1. The summed E-state index contributed by atoms with van der Waals surface area (Å²) in [6.07, 6.45) is 3.15. The second-order valence-corrected chi connectivity index (χ2v) is 3.82. The van der Waals surface area contributed by atoms with E-state index in [4.69, 9.17) is 5.73 Å². The molecule has 1 aromatic rings. The smallest absolute Gasteiger partial charge is 0.229 e. The van der Waals surface area contributed by atoms with Crippen molar-refractivity contribution in [1.82, 2.24) is 9.88 Å². The van der Waals surface area contributed by atoms with Crippen LogP contribution in [0.15, 0.2) is 18.3 Å². The molecule has 0 unspecified atom stereocenters. The Morgan fingerprint density at radius 2 is 1.94 bits per heavy atom. The molecular formula is C11H13N3O2. The Bertz CT molecular complexity index is 398. The lowest BCUT2D eigenvalue weighted by Gasteiger charge is -2.24. The molecule has 1 aliphatic heterocycles. The van der Waals surface area contributed by atoms with Gasteiger partial charge in [0.1, 0.15) is 5.82 Å².